The first kappa shape index (κ1) is 58.1. The second-order valence-corrected chi connectivity index (χ2v) is 15.4. The van der Waals surface area contributed by atoms with Crippen LogP contribution in [0, 0.1) is 0 Å². The fourth-order valence-electron chi connectivity index (χ4n) is 6.16. The molecule has 0 spiro atoms. The molecule has 0 saturated heterocycles. The molecule has 0 aliphatic carbocycles. The number of nitrogens with one attached hydrogen (secondary N) is 4. The maximum absolute atomic E-state index is 12.3. The van der Waals surface area contributed by atoms with Gasteiger partial charge in [0.05, 0.1) is 39.6 Å². The summed E-state index contributed by atoms with van der Waals surface area (Å²) in [6, 6.07) is -2.04. The Kier molecular flexibility index (Phi) is 39.7. The fourth-order valence-corrected chi connectivity index (χ4v) is 6.16. The zero-order chi connectivity index (χ0) is 45.9. The van der Waals surface area contributed by atoms with E-state index >= 15 is 0 Å². The Labute approximate surface area is 368 Å². The Balaban J connectivity index is 3.63. The first-order chi connectivity index (χ1) is 29.9. The van der Waals surface area contributed by atoms with Crippen LogP contribution in [0.1, 0.15) is 148 Å². The summed E-state index contributed by atoms with van der Waals surface area (Å²) in [5, 5.41) is 37.4. The summed E-state index contributed by atoms with van der Waals surface area (Å²) < 4.78 is 21.2. The van der Waals surface area contributed by atoms with E-state index in [0.717, 1.165) is 38.5 Å². The van der Waals surface area contributed by atoms with Crippen molar-refractivity contribution >= 4 is 41.5 Å². The molecule has 19 nitrogen and oxygen atoms in total. The van der Waals surface area contributed by atoms with Crippen molar-refractivity contribution in [3.63, 3.8) is 0 Å². The van der Waals surface area contributed by atoms with Crippen molar-refractivity contribution in [2.45, 2.75) is 160 Å². The monoisotopic (exact) mass is 890 g/mol. The van der Waals surface area contributed by atoms with E-state index in [1.807, 2.05) is 0 Å². The number of unbranched alkanes of at least 4 members (excludes halogenated alkanes) is 16. The number of carboxylic acid groups (broad SMARTS) is 3. The molecule has 9 N–H and O–H groups in total. The highest BCUT2D eigenvalue weighted by atomic mass is 16.5. The molecule has 360 valence electrons. The molecule has 0 aliphatic heterocycles. The highest BCUT2D eigenvalue weighted by molar-refractivity contribution is 5.84. The number of carboxylic acids is 3. The smallest absolute Gasteiger partial charge is 0.326 e. The second-order valence-electron chi connectivity index (χ2n) is 15.4. The Morgan fingerprint density at radius 1 is 0.403 bits per heavy atom. The third-order valence-corrected chi connectivity index (χ3v) is 9.77. The van der Waals surface area contributed by atoms with E-state index in [2.05, 4.69) is 21.3 Å². The number of hydrogen-bond acceptors (Lipinski definition) is 12. The van der Waals surface area contributed by atoms with E-state index in [-0.39, 0.29) is 115 Å². The van der Waals surface area contributed by atoms with Crippen molar-refractivity contribution in [3.8, 4) is 0 Å². The number of carbonyl (C=O) groups excluding carboxylic acids is 4. The molecule has 0 heterocycles. The molecule has 62 heavy (non-hydrogen) atoms. The van der Waals surface area contributed by atoms with Gasteiger partial charge in [-0.05, 0) is 38.5 Å². The molecule has 0 bridgehead atoms. The van der Waals surface area contributed by atoms with Crippen LogP contribution in [0.5, 0.6) is 0 Å². The lowest BCUT2D eigenvalue weighted by atomic mass is 10.0. The molecule has 0 aromatic carbocycles. The lowest BCUT2D eigenvalue weighted by molar-refractivity contribution is -0.142. The summed E-state index contributed by atoms with van der Waals surface area (Å²) >= 11 is 0. The summed E-state index contributed by atoms with van der Waals surface area (Å²) in [6.45, 7) is 1.79. The highest BCUT2D eigenvalue weighted by Crippen LogP contribution is 2.14. The Bertz CT molecular complexity index is 1210. The maximum atomic E-state index is 12.3. The molecule has 0 aromatic rings. The van der Waals surface area contributed by atoms with Crippen LogP contribution in [-0.4, -0.2) is 141 Å². The van der Waals surface area contributed by atoms with Crippen LogP contribution in [0.2, 0.25) is 0 Å². The first-order valence-corrected chi connectivity index (χ1v) is 22.8. The van der Waals surface area contributed by atoms with Crippen molar-refractivity contribution < 1.29 is 67.8 Å². The van der Waals surface area contributed by atoms with Crippen molar-refractivity contribution in [1.29, 1.82) is 0 Å². The average Bonchev–Trinajstić information content (AvgIpc) is 3.23. The average molecular weight is 890 g/mol. The summed E-state index contributed by atoms with van der Waals surface area (Å²) in [5.74, 6) is -4.24. The van der Waals surface area contributed by atoms with Gasteiger partial charge in [0.15, 0.2) is 0 Å². The number of amides is 4. The Morgan fingerprint density at radius 3 is 1.27 bits per heavy atom. The number of hydrogen-bond donors (Lipinski definition) is 8. The highest BCUT2D eigenvalue weighted by Gasteiger charge is 2.21. The van der Waals surface area contributed by atoms with Gasteiger partial charge in [0.25, 0.3) is 0 Å². The molecule has 2 atom stereocenters. The minimum Gasteiger partial charge on any atom is -0.481 e. The van der Waals surface area contributed by atoms with Gasteiger partial charge < -0.3 is 61.3 Å². The SMILES string of the molecule is NC(CCCCNC(=O)COCCOCCNC(=O)COCCOCCNC(=O)CC[C@H](NC(=O)CCCCCCCCCCCCCCCCCCC(=O)O)C(=O)O)C(=O)O. The second kappa shape index (κ2) is 42.4. The predicted molar refractivity (Wildman–Crippen MR) is 231 cm³/mol. The number of rotatable bonds is 46. The molecule has 0 aromatic heterocycles. The van der Waals surface area contributed by atoms with Crippen LogP contribution in [-0.2, 0) is 52.5 Å². The number of aliphatic carboxylic acids is 3. The largest absolute Gasteiger partial charge is 0.481 e. The molecule has 0 aliphatic rings. The van der Waals surface area contributed by atoms with Gasteiger partial charge in [-0.2, -0.15) is 0 Å². The Hall–Kier alpha value is -3.91. The zero-order valence-electron chi connectivity index (χ0n) is 37.1. The summed E-state index contributed by atoms with van der Waals surface area (Å²) in [4.78, 5) is 81.0. The van der Waals surface area contributed by atoms with Gasteiger partial charge in [-0.3, -0.25) is 28.8 Å². The lowest BCUT2D eigenvalue weighted by Crippen LogP contribution is -2.41. The van der Waals surface area contributed by atoms with Crippen LogP contribution in [0.3, 0.4) is 0 Å². The van der Waals surface area contributed by atoms with Crippen LogP contribution >= 0.6 is 0 Å². The van der Waals surface area contributed by atoms with Crippen LogP contribution in [0.15, 0.2) is 0 Å². The first-order valence-electron chi connectivity index (χ1n) is 22.8. The van der Waals surface area contributed by atoms with Gasteiger partial charge in [0.2, 0.25) is 23.6 Å². The van der Waals surface area contributed by atoms with Gasteiger partial charge in [-0.1, -0.05) is 89.9 Å². The summed E-state index contributed by atoms with van der Waals surface area (Å²) in [5.41, 5.74) is 5.42. The van der Waals surface area contributed by atoms with Gasteiger partial charge in [0.1, 0.15) is 25.3 Å². The molecule has 0 rings (SSSR count). The molecule has 19 heteroatoms. The summed E-state index contributed by atoms with van der Waals surface area (Å²) in [6.07, 6.45) is 19.8. The predicted octanol–water partition coefficient (Wildman–Crippen LogP) is 3.44. The molecule has 1 unspecified atom stereocenters. The van der Waals surface area contributed by atoms with Crippen molar-refractivity contribution in [1.82, 2.24) is 21.3 Å². The fraction of sp³-hybridized carbons (Fsp3) is 0.837. The minimum atomic E-state index is -1.18. The van der Waals surface area contributed by atoms with E-state index in [4.69, 9.17) is 34.9 Å². The molecular weight excluding hydrogens is 810 g/mol. The third kappa shape index (κ3) is 41.4. The maximum Gasteiger partial charge on any atom is 0.326 e. The lowest BCUT2D eigenvalue weighted by Gasteiger charge is -2.14. The van der Waals surface area contributed by atoms with Gasteiger partial charge in [-0.15, -0.1) is 0 Å². The van der Waals surface area contributed by atoms with E-state index in [9.17, 15) is 38.7 Å². The third-order valence-electron chi connectivity index (χ3n) is 9.77. The Morgan fingerprint density at radius 2 is 0.823 bits per heavy atom. The quantitative estimate of drug-likeness (QED) is 0.0406. The van der Waals surface area contributed by atoms with Crippen molar-refractivity contribution in [3.05, 3.63) is 0 Å². The topological polar surface area (TPSA) is 291 Å². The number of ether oxygens (including phenoxy) is 4. The van der Waals surface area contributed by atoms with Crippen molar-refractivity contribution in [2.24, 2.45) is 5.73 Å². The van der Waals surface area contributed by atoms with E-state index in [1.165, 1.54) is 57.8 Å². The van der Waals surface area contributed by atoms with Crippen LogP contribution in [0.4, 0.5) is 0 Å². The van der Waals surface area contributed by atoms with Gasteiger partial charge >= 0.3 is 17.9 Å². The molecule has 4 amide bonds. The molecule has 0 radical (unpaired) electrons. The zero-order valence-corrected chi connectivity index (χ0v) is 37.1. The number of carbonyl (C=O) groups is 7. The normalized spacial score (nSPS) is 12.0. The van der Waals surface area contributed by atoms with Gasteiger partial charge in [-0.25, -0.2) is 4.79 Å². The van der Waals surface area contributed by atoms with E-state index < -0.39 is 30.0 Å². The van der Waals surface area contributed by atoms with Crippen LogP contribution in [0.25, 0.3) is 0 Å². The number of nitrogens with two attached hydrogens (primary N) is 1. The van der Waals surface area contributed by atoms with Gasteiger partial charge in [0, 0.05) is 38.9 Å². The van der Waals surface area contributed by atoms with Crippen molar-refractivity contribution in [2.75, 3.05) is 72.5 Å². The minimum absolute atomic E-state index is 0.0285. The van der Waals surface area contributed by atoms with E-state index in [0.29, 0.717) is 32.2 Å². The molecule has 0 fully saturated rings. The standard InChI is InChI=1S/C43H79N5O14/c44-35(42(55)56)19-17-18-24-45-39(51)33-61-31-30-60-28-26-47-40(52)34-62-32-29-59-27-25-46-37(49)23-22-36(43(57)58)48-38(50)20-15-13-11-9-7-5-3-1-2-4-6-8-10-12-14-16-21-41(53)54/h35-36H,1-34,44H2,(H,45,51)(H,46,49)(H,47,52)(H,48,50)(H,53,54)(H,55,56)(H,57,58)/t35?,36-/m0/s1. The molecule has 0 saturated carbocycles. The van der Waals surface area contributed by atoms with Crippen LogP contribution < -0.4 is 27.0 Å². The molecular formula is C43H79N5O14. The summed E-state index contributed by atoms with van der Waals surface area (Å²) in [7, 11) is 0. The van der Waals surface area contributed by atoms with E-state index in [1.54, 1.807) is 0 Å².